The minimum absolute atomic E-state index is 0.187. The molecule has 1 saturated heterocycles. The minimum atomic E-state index is 0.187. The van der Waals surface area contributed by atoms with Crippen LogP contribution in [-0.2, 0) is 18.3 Å². The lowest BCUT2D eigenvalue weighted by atomic mass is 10.1. The molecule has 2 atom stereocenters. The van der Waals surface area contributed by atoms with Crippen LogP contribution in [0.2, 0.25) is 0 Å². The van der Waals surface area contributed by atoms with Gasteiger partial charge in [-0.1, -0.05) is 6.07 Å². The van der Waals surface area contributed by atoms with Crippen LogP contribution in [0.3, 0.4) is 0 Å². The van der Waals surface area contributed by atoms with Crippen molar-refractivity contribution in [3.05, 3.63) is 40.3 Å². The second kappa shape index (κ2) is 6.69. The van der Waals surface area contributed by atoms with E-state index in [1.807, 2.05) is 35.5 Å². The van der Waals surface area contributed by atoms with Gasteiger partial charge in [0.15, 0.2) is 0 Å². The van der Waals surface area contributed by atoms with Crippen LogP contribution >= 0.6 is 11.3 Å². The number of hydrogen-bond acceptors (Lipinski definition) is 4. The van der Waals surface area contributed by atoms with E-state index in [9.17, 15) is 4.79 Å². The summed E-state index contributed by atoms with van der Waals surface area (Å²) in [6.45, 7) is 4.85. The quantitative estimate of drug-likeness (QED) is 0.833. The van der Waals surface area contributed by atoms with Gasteiger partial charge in [-0.25, -0.2) is 0 Å². The number of nitrogens with zero attached hydrogens (tertiary/aromatic N) is 4. The second-order valence-electron chi connectivity index (χ2n) is 6.89. The van der Waals surface area contributed by atoms with E-state index in [0.717, 1.165) is 45.6 Å². The molecular weight excluding hydrogens is 320 g/mol. The summed E-state index contributed by atoms with van der Waals surface area (Å²) in [5.41, 5.74) is 1.21. The predicted molar refractivity (Wildman–Crippen MR) is 95.1 cm³/mol. The van der Waals surface area contributed by atoms with E-state index in [4.69, 9.17) is 0 Å². The van der Waals surface area contributed by atoms with E-state index < -0.39 is 0 Å². The van der Waals surface area contributed by atoms with Crippen molar-refractivity contribution in [1.29, 1.82) is 0 Å². The Balaban J connectivity index is 1.23. The molecule has 1 aliphatic carbocycles. The number of thiophene rings is 1. The number of carbonyl (C=O) groups is 1. The molecule has 3 heterocycles. The number of hydrogen-bond donors (Lipinski definition) is 0. The monoisotopic (exact) mass is 344 g/mol. The van der Waals surface area contributed by atoms with Crippen molar-refractivity contribution in [2.75, 3.05) is 32.7 Å². The first kappa shape index (κ1) is 15.8. The van der Waals surface area contributed by atoms with Gasteiger partial charge in [0.05, 0.1) is 6.20 Å². The normalized spacial score (nSPS) is 24.3. The van der Waals surface area contributed by atoms with Crippen LogP contribution in [-0.4, -0.2) is 58.2 Å². The van der Waals surface area contributed by atoms with Gasteiger partial charge in [0.2, 0.25) is 5.91 Å². The largest absolute Gasteiger partial charge is 0.340 e. The van der Waals surface area contributed by atoms with Crippen LogP contribution in [0.15, 0.2) is 29.9 Å². The third-order valence-electron chi connectivity index (χ3n) is 5.20. The zero-order valence-electron chi connectivity index (χ0n) is 14.1. The number of aryl methyl sites for hydroxylation is 1. The standard InChI is InChI=1S/C18H24N4OS/c1-20-13-14(12-19-20)16-11-17(16)18(23)22-8-6-21(7-9-22)5-4-15-3-2-10-24-15/h2-3,10,12-13,16-17H,4-9,11H2,1H3. The highest BCUT2D eigenvalue weighted by Crippen LogP contribution is 2.48. The van der Waals surface area contributed by atoms with Crippen molar-refractivity contribution in [3.63, 3.8) is 0 Å². The Morgan fingerprint density at radius 3 is 2.83 bits per heavy atom. The Hall–Kier alpha value is -1.66. The van der Waals surface area contributed by atoms with Crippen molar-refractivity contribution in [3.8, 4) is 0 Å². The summed E-state index contributed by atoms with van der Waals surface area (Å²) in [6, 6.07) is 4.32. The lowest BCUT2D eigenvalue weighted by molar-refractivity contribution is -0.134. The van der Waals surface area contributed by atoms with Crippen molar-refractivity contribution >= 4 is 17.2 Å². The summed E-state index contributed by atoms with van der Waals surface area (Å²) in [7, 11) is 1.93. The fourth-order valence-electron chi connectivity index (χ4n) is 3.62. The maximum Gasteiger partial charge on any atom is 0.226 e. The van der Waals surface area contributed by atoms with Crippen molar-refractivity contribution < 1.29 is 4.79 Å². The van der Waals surface area contributed by atoms with Crippen molar-refractivity contribution in [2.45, 2.75) is 18.8 Å². The molecule has 0 bridgehead atoms. The molecule has 1 aliphatic heterocycles. The molecule has 128 valence electrons. The number of aromatic nitrogens is 2. The summed E-state index contributed by atoms with van der Waals surface area (Å²) in [5.74, 6) is 0.927. The molecule has 2 fully saturated rings. The van der Waals surface area contributed by atoms with Gasteiger partial charge >= 0.3 is 0 Å². The third-order valence-corrected chi connectivity index (χ3v) is 6.14. The predicted octanol–water partition coefficient (Wildman–Crippen LogP) is 1.97. The molecule has 0 aromatic carbocycles. The first-order valence-corrected chi connectivity index (χ1v) is 9.61. The van der Waals surface area contributed by atoms with Crippen molar-refractivity contribution in [2.24, 2.45) is 13.0 Å². The Bertz CT molecular complexity index is 688. The fourth-order valence-corrected chi connectivity index (χ4v) is 4.32. The molecule has 2 aromatic heterocycles. The van der Waals surface area contributed by atoms with Crippen LogP contribution in [0.4, 0.5) is 0 Å². The Morgan fingerprint density at radius 2 is 2.17 bits per heavy atom. The van der Waals surface area contributed by atoms with Gasteiger partial charge in [0.1, 0.15) is 0 Å². The number of piperazine rings is 1. The SMILES string of the molecule is Cn1cc(C2CC2C(=O)N2CCN(CCc3cccs3)CC2)cn1. The van der Waals surface area contributed by atoms with Crippen LogP contribution in [0, 0.1) is 5.92 Å². The highest BCUT2D eigenvalue weighted by molar-refractivity contribution is 7.09. The van der Waals surface area contributed by atoms with E-state index in [2.05, 4.69) is 32.4 Å². The lowest BCUT2D eigenvalue weighted by Crippen LogP contribution is -2.49. The Labute approximate surface area is 146 Å². The van der Waals surface area contributed by atoms with E-state index in [1.165, 1.54) is 10.4 Å². The van der Waals surface area contributed by atoms with Crippen LogP contribution in [0.5, 0.6) is 0 Å². The smallest absolute Gasteiger partial charge is 0.226 e. The molecule has 2 aliphatic rings. The molecular formula is C18H24N4OS. The van der Waals surface area contributed by atoms with Gasteiger partial charge in [-0.2, -0.15) is 5.10 Å². The molecule has 4 rings (SSSR count). The van der Waals surface area contributed by atoms with Crippen LogP contribution in [0.25, 0.3) is 0 Å². The molecule has 0 N–H and O–H groups in total. The summed E-state index contributed by atoms with van der Waals surface area (Å²) >= 11 is 1.83. The topological polar surface area (TPSA) is 41.4 Å². The zero-order valence-corrected chi connectivity index (χ0v) is 14.9. The highest BCUT2D eigenvalue weighted by atomic mass is 32.1. The van der Waals surface area contributed by atoms with E-state index in [1.54, 1.807) is 0 Å². The van der Waals surface area contributed by atoms with Gasteiger partial charge in [-0.05, 0) is 35.8 Å². The molecule has 1 amide bonds. The Kier molecular flexibility index (Phi) is 4.41. The second-order valence-corrected chi connectivity index (χ2v) is 7.92. The van der Waals surface area contributed by atoms with Gasteiger partial charge < -0.3 is 4.90 Å². The number of rotatable bonds is 5. The average molecular weight is 344 g/mol. The van der Waals surface area contributed by atoms with Gasteiger partial charge in [-0.15, -0.1) is 11.3 Å². The molecule has 24 heavy (non-hydrogen) atoms. The van der Waals surface area contributed by atoms with E-state index >= 15 is 0 Å². The molecule has 0 radical (unpaired) electrons. The first-order chi connectivity index (χ1) is 11.7. The van der Waals surface area contributed by atoms with Gasteiger partial charge in [0.25, 0.3) is 0 Å². The average Bonchev–Trinajstić information content (AvgIpc) is 3.00. The molecule has 0 spiro atoms. The Morgan fingerprint density at radius 1 is 1.33 bits per heavy atom. The van der Waals surface area contributed by atoms with Crippen LogP contribution < -0.4 is 0 Å². The maximum absolute atomic E-state index is 12.7. The third kappa shape index (κ3) is 3.39. The molecule has 6 heteroatoms. The summed E-state index contributed by atoms with van der Waals surface area (Å²) in [6.07, 6.45) is 6.06. The van der Waals surface area contributed by atoms with E-state index in [0.29, 0.717) is 11.8 Å². The lowest BCUT2D eigenvalue weighted by Gasteiger charge is -2.34. The van der Waals surface area contributed by atoms with Crippen molar-refractivity contribution in [1.82, 2.24) is 19.6 Å². The summed E-state index contributed by atoms with van der Waals surface area (Å²) in [4.78, 5) is 18.7. The maximum atomic E-state index is 12.7. The first-order valence-electron chi connectivity index (χ1n) is 8.73. The fraction of sp³-hybridized carbons (Fsp3) is 0.556. The molecule has 5 nitrogen and oxygen atoms in total. The van der Waals surface area contributed by atoms with Crippen LogP contribution in [0.1, 0.15) is 22.8 Å². The zero-order chi connectivity index (χ0) is 16.5. The van der Waals surface area contributed by atoms with Gasteiger partial charge in [-0.3, -0.25) is 14.4 Å². The molecule has 2 aromatic rings. The summed E-state index contributed by atoms with van der Waals surface area (Å²) < 4.78 is 1.82. The molecule has 2 unspecified atom stereocenters. The number of carbonyl (C=O) groups excluding carboxylic acids is 1. The minimum Gasteiger partial charge on any atom is -0.340 e. The van der Waals surface area contributed by atoms with Gasteiger partial charge in [0, 0.05) is 56.8 Å². The summed E-state index contributed by atoms with van der Waals surface area (Å²) in [5, 5.41) is 6.36. The number of amides is 1. The molecule has 1 saturated carbocycles. The highest BCUT2D eigenvalue weighted by Gasteiger charge is 2.46. The van der Waals surface area contributed by atoms with E-state index in [-0.39, 0.29) is 5.92 Å².